The van der Waals surface area contributed by atoms with E-state index >= 15 is 0 Å². The fourth-order valence-electron chi connectivity index (χ4n) is 1.38. The van der Waals surface area contributed by atoms with E-state index in [1.807, 2.05) is 0 Å². The SMILES string of the molecule is CC(O)CNCCNS(=O)(=O)/C=C/c1ccc(Cl)cc1. The standard InChI is InChI=1S/C13H19ClN2O3S/c1-11(17)10-15-7-8-16-20(18,19)9-6-12-2-4-13(14)5-3-12/h2-6,9,11,15-17H,7-8,10H2,1H3/b9-6+. The molecule has 0 bridgehead atoms. The quantitative estimate of drug-likeness (QED) is 0.629. The van der Waals surface area contributed by atoms with Crippen LogP contribution < -0.4 is 10.0 Å². The third-order valence-electron chi connectivity index (χ3n) is 2.35. The summed E-state index contributed by atoms with van der Waals surface area (Å²) in [7, 11) is -3.46. The lowest BCUT2D eigenvalue weighted by molar-refractivity contribution is 0.192. The summed E-state index contributed by atoms with van der Waals surface area (Å²) in [5.74, 6) is 0. The Morgan fingerprint density at radius 1 is 1.30 bits per heavy atom. The van der Waals surface area contributed by atoms with Gasteiger partial charge in [-0.05, 0) is 30.7 Å². The second-order valence-corrected chi connectivity index (χ2v) is 6.43. The van der Waals surface area contributed by atoms with Crippen LogP contribution in [-0.2, 0) is 10.0 Å². The Labute approximate surface area is 124 Å². The van der Waals surface area contributed by atoms with E-state index in [-0.39, 0.29) is 6.54 Å². The number of hydrogen-bond donors (Lipinski definition) is 3. The summed E-state index contributed by atoms with van der Waals surface area (Å²) in [5, 5.41) is 13.7. The highest BCUT2D eigenvalue weighted by atomic mass is 35.5. The van der Waals surface area contributed by atoms with Crippen LogP contribution in [0.2, 0.25) is 5.02 Å². The summed E-state index contributed by atoms with van der Waals surface area (Å²) in [6.07, 6.45) is 1.05. The molecule has 1 aromatic carbocycles. The summed E-state index contributed by atoms with van der Waals surface area (Å²) in [6, 6.07) is 6.86. The maximum absolute atomic E-state index is 11.7. The van der Waals surface area contributed by atoms with Crippen LogP contribution in [0.3, 0.4) is 0 Å². The van der Waals surface area contributed by atoms with Gasteiger partial charge in [-0.1, -0.05) is 23.7 Å². The predicted molar refractivity (Wildman–Crippen MR) is 82.0 cm³/mol. The summed E-state index contributed by atoms with van der Waals surface area (Å²) in [5.41, 5.74) is 0.756. The molecule has 7 heteroatoms. The monoisotopic (exact) mass is 318 g/mol. The molecule has 112 valence electrons. The average molecular weight is 319 g/mol. The predicted octanol–water partition coefficient (Wildman–Crippen LogP) is 1.20. The number of nitrogens with one attached hydrogen (secondary N) is 2. The van der Waals surface area contributed by atoms with Gasteiger partial charge in [0.05, 0.1) is 6.10 Å². The smallest absolute Gasteiger partial charge is 0.233 e. The van der Waals surface area contributed by atoms with E-state index in [1.165, 1.54) is 6.08 Å². The number of hydrogen-bond acceptors (Lipinski definition) is 4. The molecule has 0 aliphatic carbocycles. The lowest BCUT2D eigenvalue weighted by Gasteiger charge is -2.07. The Bertz CT molecular complexity index is 527. The van der Waals surface area contributed by atoms with E-state index in [9.17, 15) is 8.42 Å². The minimum Gasteiger partial charge on any atom is -0.392 e. The molecule has 0 fully saturated rings. The van der Waals surface area contributed by atoms with Gasteiger partial charge < -0.3 is 10.4 Å². The van der Waals surface area contributed by atoms with Crippen LogP contribution in [0.1, 0.15) is 12.5 Å². The van der Waals surface area contributed by atoms with Crippen LogP contribution in [0.5, 0.6) is 0 Å². The third kappa shape index (κ3) is 7.62. The molecule has 3 N–H and O–H groups in total. The Hall–Kier alpha value is -0.920. The number of aliphatic hydroxyl groups excluding tert-OH is 1. The maximum atomic E-state index is 11.7. The van der Waals surface area contributed by atoms with Crippen molar-refractivity contribution in [3.8, 4) is 0 Å². The maximum Gasteiger partial charge on any atom is 0.233 e. The molecule has 0 amide bonds. The van der Waals surface area contributed by atoms with Gasteiger partial charge in [0.15, 0.2) is 0 Å². The second kappa shape index (κ2) is 8.39. The Morgan fingerprint density at radius 3 is 2.55 bits per heavy atom. The zero-order valence-electron chi connectivity index (χ0n) is 11.2. The first-order chi connectivity index (χ1) is 9.39. The van der Waals surface area contributed by atoms with Crippen molar-refractivity contribution < 1.29 is 13.5 Å². The number of benzene rings is 1. The van der Waals surface area contributed by atoms with E-state index in [0.29, 0.717) is 18.1 Å². The van der Waals surface area contributed by atoms with E-state index in [1.54, 1.807) is 31.2 Å². The van der Waals surface area contributed by atoms with Crippen LogP contribution in [0.4, 0.5) is 0 Å². The zero-order chi connectivity index (χ0) is 15.0. The third-order valence-corrected chi connectivity index (χ3v) is 3.71. The van der Waals surface area contributed by atoms with Crippen molar-refractivity contribution in [1.29, 1.82) is 0 Å². The molecular formula is C13H19ClN2O3S. The summed E-state index contributed by atoms with van der Waals surface area (Å²) in [4.78, 5) is 0. The van der Waals surface area contributed by atoms with Crippen molar-refractivity contribution >= 4 is 27.7 Å². The topological polar surface area (TPSA) is 78.4 Å². The lowest BCUT2D eigenvalue weighted by Crippen LogP contribution is -2.33. The zero-order valence-corrected chi connectivity index (χ0v) is 12.8. The van der Waals surface area contributed by atoms with E-state index < -0.39 is 16.1 Å². The van der Waals surface area contributed by atoms with Gasteiger partial charge in [0.25, 0.3) is 0 Å². The first-order valence-corrected chi connectivity index (χ1v) is 8.13. The number of sulfonamides is 1. The van der Waals surface area contributed by atoms with Gasteiger partial charge >= 0.3 is 0 Å². The largest absolute Gasteiger partial charge is 0.392 e. The number of rotatable bonds is 8. The van der Waals surface area contributed by atoms with Crippen molar-refractivity contribution in [2.45, 2.75) is 13.0 Å². The van der Waals surface area contributed by atoms with Gasteiger partial charge in [0.2, 0.25) is 10.0 Å². The van der Waals surface area contributed by atoms with Crippen LogP contribution >= 0.6 is 11.6 Å². The van der Waals surface area contributed by atoms with Crippen molar-refractivity contribution in [2.24, 2.45) is 0 Å². The molecule has 0 aliphatic rings. The normalized spacial score (nSPS) is 13.8. The van der Waals surface area contributed by atoms with Crippen LogP contribution in [0.15, 0.2) is 29.7 Å². The second-order valence-electron chi connectivity index (χ2n) is 4.35. The lowest BCUT2D eigenvalue weighted by atomic mass is 10.2. The van der Waals surface area contributed by atoms with Crippen LogP contribution in [-0.4, -0.2) is 39.3 Å². The Balaban J connectivity index is 2.39. The highest BCUT2D eigenvalue weighted by molar-refractivity contribution is 7.92. The molecule has 0 aliphatic heterocycles. The fraction of sp³-hybridized carbons (Fsp3) is 0.385. The molecule has 0 radical (unpaired) electrons. The van der Waals surface area contributed by atoms with Gasteiger partial charge in [0.1, 0.15) is 0 Å². The van der Waals surface area contributed by atoms with E-state index in [4.69, 9.17) is 16.7 Å². The highest BCUT2D eigenvalue weighted by Gasteiger charge is 2.03. The van der Waals surface area contributed by atoms with Crippen LogP contribution in [0, 0.1) is 0 Å². The molecule has 0 spiro atoms. The molecule has 1 aromatic rings. The van der Waals surface area contributed by atoms with Crippen molar-refractivity contribution in [3.05, 3.63) is 40.3 Å². The first kappa shape index (κ1) is 17.1. The Morgan fingerprint density at radius 2 is 1.95 bits per heavy atom. The van der Waals surface area contributed by atoms with Gasteiger partial charge in [-0.2, -0.15) is 0 Å². The highest BCUT2D eigenvalue weighted by Crippen LogP contribution is 2.10. The van der Waals surface area contributed by atoms with Crippen LogP contribution in [0.25, 0.3) is 6.08 Å². The molecule has 1 atom stereocenters. The van der Waals surface area contributed by atoms with Gasteiger partial charge in [0, 0.05) is 30.1 Å². The summed E-state index contributed by atoms with van der Waals surface area (Å²) >= 11 is 5.74. The van der Waals surface area contributed by atoms with Gasteiger partial charge in [-0.3, -0.25) is 0 Å². The molecule has 1 rings (SSSR count). The van der Waals surface area contributed by atoms with Gasteiger partial charge in [-0.15, -0.1) is 0 Å². The molecular weight excluding hydrogens is 300 g/mol. The molecule has 0 saturated carbocycles. The van der Waals surface area contributed by atoms with E-state index in [2.05, 4.69) is 10.0 Å². The number of halogens is 1. The average Bonchev–Trinajstić information content (AvgIpc) is 2.37. The molecule has 0 heterocycles. The van der Waals surface area contributed by atoms with E-state index in [0.717, 1.165) is 11.0 Å². The van der Waals surface area contributed by atoms with Crippen molar-refractivity contribution in [3.63, 3.8) is 0 Å². The summed E-state index contributed by atoms with van der Waals surface area (Å²) in [6.45, 7) is 2.81. The molecule has 5 nitrogen and oxygen atoms in total. The first-order valence-electron chi connectivity index (χ1n) is 6.21. The molecule has 0 aromatic heterocycles. The minimum atomic E-state index is -3.46. The van der Waals surface area contributed by atoms with Crippen molar-refractivity contribution in [1.82, 2.24) is 10.0 Å². The summed E-state index contributed by atoms with van der Waals surface area (Å²) < 4.78 is 25.8. The molecule has 0 saturated heterocycles. The molecule has 20 heavy (non-hydrogen) atoms. The fourth-order valence-corrected chi connectivity index (χ4v) is 2.33. The van der Waals surface area contributed by atoms with Gasteiger partial charge in [-0.25, -0.2) is 13.1 Å². The Kier molecular flexibility index (Phi) is 7.18. The minimum absolute atomic E-state index is 0.264. The van der Waals surface area contributed by atoms with Crippen molar-refractivity contribution in [2.75, 3.05) is 19.6 Å². The molecule has 1 unspecified atom stereocenters. The number of aliphatic hydroxyl groups is 1.